The third-order valence-corrected chi connectivity index (χ3v) is 3.36. The molecule has 96 valence electrons. The molecule has 2 N–H and O–H groups in total. The lowest BCUT2D eigenvalue weighted by atomic mass is 10.1. The van der Waals surface area contributed by atoms with Crippen LogP contribution >= 0.6 is 0 Å². The van der Waals surface area contributed by atoms with Crippen LogP contribution in [0.1, 0.15) is 17.7 Å². The molecular weight excluding hydrogens is 234 g/mol. The summed E-state index contributed by atoms with van der Waals surface area (Å²) < 4.78 is 0. The summed E-state index contributed by atoms with van der Waals surface area (Å²) in [5.74, 6) is 0. The molecule has 0 amide bonds. The zero-order valence-corrected chi connectivity index (χ0v) is 11.0. The molecule has 2 heterocycles. The number of nitrogens with zero attached hydrogens (tertiary/aromatic N) is 1. The molecular formula is C16H17N3. The lowest BCUT2D eigenvalue weighted by molar-refractivity contribution is 0.828. The third-order valence-electron chi connectivity index (χ3n) is 3.36. The monoisotopic (exact) mass is 251 g/mol. The van der Waals surface area contributed by atoms with Crippen LogP contribution in [0, 0.1) is 6.92 Å². The van der Waals surface area contributed by atoms with E-state index in [1.54, 1.807) is 0 Å². The summed E-state index contributed by atoms with van der Waals surface area (Å²) in [6.07, 6.45) is 13.4. The maximum atomic E-state index is 4.35. The van der Waals surface area contributed by atoms with E-state index in [-0.39, 0.29) is 0 Å². The van der Waals surface area contributed by atoms with Crippen molar-refractivity contribution in [2.24, 2.45) is 0 Å². The maximum absolute atomic E-state index is 4.35. The number of nitrogens with one attached hydrogen (secondary N) is 2. The molecule has 3 heteroatoms. The standard InChI is InChI=1S/C16H17N3/c1-12-15(14-9-6-10-17-16(14)19-12)11-18-13-7-4-2-3-5-8-13/h2-4,6-10,18H,5,11H2,1H3,(H,17,19). The molecule has 0 radical (unpaired) electrons. The van der Waals surface area contributed by atoms with Gasteiger partial charge in [-0.2, -0.15) is 0 Å². The summed E-state index contributed by atoms with van der Waals surface area (Å²) in [7, 11) is 0. The average molecular weight is 251 g/mol. The Kier molecular flexibility index (Phi) is 3.19. The van der Waals surface area contributed by atoms with Gasteiger partial charge in [0.1, 0.15) is 5.65 Å². The zero-order chi connectivity index (χ0) is 13.1. The number of aromatic nitrogens is 2. The number of H-pyrrole nitrogens is 1. The number of hydrogen-bond donors (Lipinski definition) is 2. The summed E-state index contributed by atoms with van der Waals surface area (Å²) in [6.45, 7) is 2.91. The fourth-order valence-corrected chi connectivity index (χ4v) is 2.33. The fourth-order valence-electron chi connectivity index (χ4n) is 2.33. The summed E-state index contributed by atoms with van der Waals surface area (Å²) in [5.41, 5.74) is 4.60. The van der Waals surface area contributed by atoms with E-state index in [4.69, 9.17) is 0 Å². The van der Waals surface area contributed by atoms with Crippen LogP contribution in [0.2, 0.25) is 0 Å². The van der Waals surface area contributed by atoms with Crippen molar-refractivity contribution >= 4 is 11.0 Å². The molecule has 0 fully saturated rings. The highest BCUT2D eigenvalue weighted by atomic mass is 14.9. The minimum atomic E-state index is 0.813. The molecule has 0 atom stereocenters. The molecule has 0 saturated heterocycles. The quantitative estimate of drug-likeness (QED) is 0.878. The van der Waals surface area contributed by atoms with Crippen molar-refractivity contribution in [1.82, 2.24) is 15.3 Å². The number of aryl methyl sites for hydroxylation is 1. The highest BCUT2D eigenvalue weighted by molar-refractivity contribution is 5.81. The average Bonchev–Trinajstić information content (AvgIpc) is 2.61. The SMILES string of the molecule is Cc1[nH]c2ncccc2c1CNC1=CCC=CC=C1. The normalized spacial score (nSPS) is 14.5. The Morgan fingerprint density at radius 3 is 3.26 bits per heavy atom. The molecule has 1 aliphatic rings. The molecule has 3 rings (SSSR count). The van der Waals surface area contributed by atoms with Gasteiger partial charge in [0, 0.05) is 35.1 Å². The van der Waals surface area contributed by atoms with Crippen molar-refractivity contribution in [3.8, 4) is 0 Å². The Labute approximate surface area is 112 Å². The van der Waals surface area contributed by atoms with Crippen LogP contribution in [0.25, 0.3) is 11.0 Å². The molecule has 0 spiro atoms. The van der Waals surface area contributed by atoms with Gasteiger partial charge < -0.3 is 10.3 Å². The first-order valence-electron chi connectivity index (χ1n) is 6.54. The van der Waals surface area contributed by atoms with Crippen molar-refractivity contribution < 1.29 is 0 Å². The van der Waals surface area contributed by atoms with Gasteiger partial charge in [-0.25, -0.2) is 4.98 Å². The van der Waals surface area contributed by atoms with Crippen LogP contribution in [0.3, 0.4) is 0 Å². The number of allylic oxidation sites excluding steroid dienone is 5. The van der Waals surface area contributed by atoms with Gasteiger partial charge in [0.05, 0.1) is 0 Å². The van der Waals surface area contributed by atoms with E-state index in [1.807, 2.05) is 12.3 Å². The number of rotatable bonds is 3. The summed E-state index contributed by atoms with van der Waals surface area (Å²) >= 11 is 0. The second kappa shape index (κ2) is 5.14. The summed E-state index contributed by atoms with van der Waals surface area (Å²) in [5, 5.41) is 4.68. The number of fused-ring (bicyclic) bond motifs is 1. The van der Waals surface area contributed by atoms with E-state index >= 15 is 0 Å². The minimum absolute atomic E-state index is 0.813. The highest BCUT2D eigenvalue weighted by Crippen LogP contribution is 2.20. The van der Waals surface area contributed by atoms with Gasteiger partial charge in [0.15, 0.2) is 0 Å². The number of pyridine rings is 1. The van der Waals surface area contributed by atoms with E-state index in [9.17, 15) is 0 Å². The molecule has 0 saturated carbocycles. The lowest BCUT2D eigenvalue weighted by Crippen LogP contribution is -2.11. The maximum Gasteiger partial charge on any atom is 0.137 e. The predicted molar refractivity (Wildman–Crippen MR) is 78.7 cm³/mol. The van der Waals surface area contributed by atoms with Crippen LogP contribution in [0.15, 0.2) is 54.4 Å². The molecule has 19 heavy (non-hydrogen) atoms. The molecule has 3 nitrogen and oxygen atoms in total. The Balaban J connectivity index is 1.82. The van der Waals surface area contributed by atoms with Gasteiger partial charge in [-0.15, -0.1) is 0 Å². The second-order valence-electron chi connectivity index (χ2n) is 4.66. The first-order chi connectivity index (χ1) is 9.34. The van der Waals surface area contributed by atoms with Crippen LogP contribution < -0.4 is 5.32 Å². The van der Waals surface area contributed by atoms with Gasteiger partial charge in [-0.05, 0) is 31.6 Å². The van der Waals surface area contributed by atoms with Gasteiger partial charge >= 0.3 is 0 Å². The van der Waals surface area contributed by atoms with Crippen LogP contribution in [-0.4, -0.2) is 9.97 Å². The van der Waals surface area contributed by atoms with Gasteiger partial charge in [-0.3, -0.25) is 0 Å². The number of aromatic amines is 1. The molecule has 0 bridgehead atoms. The highest BCUT2D eigenvalue weighted by Gasteiger charge is 2.08. The molecule has 0 aliphatic heterocycles. The van der Waals surface area contributed by atoms with E-state index in [2.05, 4.69) is 58.7 Å². The zero-order valence-electron chi connectivity index (χ0n) is 11.0. The van der Waals surface area contributed by atoms with Crippen molar-refractivity contribution in [3.63, 3.8) is 0 Å². The second-order valence-corrected chi connectivity index (χ2v) is 4.66. The van der Waals surface area contributed by atoms with E-state index in [1.165, 1.54) is 22.3 Å². The molecule has 0 aromatic carbocycles. The van der Waals surface area contributed by atoms with Crippen molar-refractivity contribution in [3.05, 3.63) is 65.7 Å². The van der Waals surface area contributed by atoms with Gasteiger partial charge in [0.25, 0.3) is 0 Å². The van der Waals surface area contributed by atoms with E-state index < -0.39 is 0 Å². The largest absolute Gasteiger partial charge is 0.381 e. The van der Waals surface area contributed by atoms with Crippen LogP contribution in [0.4, 0.5) is 0 Å². The van der Waals surface area contributed by atoms with E-state index in [0.29, 0.717) is 0 Å². The van der Waals surface area contributed by atoms with Crippen molar-refractivity contribution in [2.75, 3.05) is 0 Å². The minimum Gasteiger partial charge on any atom is -0.381 e. The Morgan fingerprint density at radius 2 is 2.32 bits per heavy atom. The first-order valence-corrected chi connectivity index (χ1v) is 6.54. The summed E-state index contributed by atoms with van der Waals surface area (Å²) in [4.78, 5) is 7.68. The smallest absolute Gasteiger partial charge is 0.137 e. The van der Waals surface area contributed by atoms with Crippen molar-refractivity contribution in [2.45, 2.75) is 19.9 Å². The molecule has 0 unspecified atom stereocenters. The van der Waals surface area contributed by atoms with Crippen molar-refractivity contribution in [1.29, 1.82) is 0 Å². The first kappa shape index (κ1) is 11.8. The Hall–Kier alpha value is -2.29. The summed E-state index contributed by atoms with van der Waals surface area (Å²) in [6, 6.07) is 4.09. The van der Waals surface area contributed by atoms with Crippen LogP contribution in [0.5, 0.6) is 0 Å². The topological polar surface area (TPSA) is 40.7 Å². The molecule has 1 aliphatic carbocycles. The molecule has 2 aromatic heterocycles. The number of hydrogen-bond acceptors (Lipinski definition) is 2. The van der Waals surface area contributed by atoms with Gasteiger partial charge in [0.2, 0.25) is 0 Å². The predicted octanol–water partition coefficient (Wildman–Crippen LogP) is 3.36. The van der Waals surface area contributed by atoms with Gasteiger partial charge in [-0.1, -0.05) is 24.3 Å². The third kappa shape index (κ3) is 2.45. The van der Waals surface area contributed by atoms with Crippen LogP contribution in [-0.2, 0) is 6.54 Å². The Morgan fingerprint density at radius 1 is 1.37 bits per heavy atom. The fraction of sp³-hybridized carbons (Fsp3) is 0.188. The van der Waals surface area contributed by atoms with E-state index in [0.717, 1.165) is 18.6 Å². The lowest BCUT2D eigenvalue weighted by Gasteiger charge is -2.07. The Bertz CT molecular complexity index is 674. The molecule has 2 aromatic rings.